The summed E-state index contributed by atoms with van der Waals surface area (Å²) in [4.78, 5) is 0. The molecule has 3 rings (SSSR count). The Bertz CT molecular complexity index is 618. The molecule has 0 saturated heterocycles. The SMILES string of the molecule is CCc1ccn(-c2ccccc2)n1.Fc1ccccc1. The van der Waals surface area contributed by atoms with E-state index in [0.29, 0.717) is 0 Å². The lowest BCUT2D eigenvalue weighted by molar-refractivity contribution is 0.628. The molecule has 0 saturated carbocycles. The second kappa shape index (κ2) is 7.24. The van der Waals surface area contributed by atoms with Crippen molar-refractivity contribution in [3.63, 3.8) is 0 Å². The third-order valence-electron chi connectivity index (χ3n) is 2.76. The molecule has 2 aromatic carbocycles. The molecule has 2 nitrogen and oxygen atoms in total. The van der Waals surface area contributed by atoms with Gasteiger partial charge in [0.05, 0.1) is 11.4 Å². The molecule has 0 aliphatic carbocycles. The van der Waals surface area contributed by atoms with E-state index in [2.05, 4.69) is 12.0 Å². The fourth-order valence-corrected chi connectivity index (χ4v) is 1.69. The Morgan fingerprint density at radius 3 is 1.95 bits per heavy atom. The lowest BCUT2D eigenvalue weighted by atomic mass is 10.3. The van der Waals surface area contributed by atoms with Crippen LogP contribution < -0.4 is 0 Å². The van der Waals surface area contributed by atoms with Crippen molar-refractivity contribution < 1.29 is 4.39 Å². The van der Waals surface area contributed by atoms with E-state index in [1.807, 2.05) is 47.3 Å². The van der Waals surface area contributed by atoms with E-state index < -0.39 is 0 Å². The summed E-state index contributed by atoms with van der Waals surface area (Å²) in [5.41, 5.74) is 2.24. The van der Waals surface area contributed by atoms with Gasteiger partial charge >= 0.3 is 0 Å². The maximum absolute atomic E-state index is 11.9. The van der Waals surface area contributed by atoms with Crippen LogP contribution in [-0.4, -0.2) is 9.78 Å². The summed E-state index contributed by atoms with van der Waals surface area (Å²) in [5, 5.41) is 4.42. The topological polar surface area (TPSA) is 17.8 Å². The predicted molar refractivity (Wildman–Crippen MR) is 79.3 cm³/mol. The highest BCUT2D eigenvalue weighted by Crippen LogP contribution is 2.06. The first-order valence-electron chi connectivity index (χ1n) is 6.60. The van der Waals surface area contributed by atoms with E-state index in [0.717, 1.165) is 17.8 Å². The summed E-state index contributed by atoms with van der Waals surface area (Å²) >= 11 is 0. The highest BCUT2D eigenvalue weighted by molar-refractivity contribution is 5.30. The number of aromatic nitrogens is 2. The van der Waals surface area contributed by atoms with Crippen molar-refractivity contribution in [2.75, 3.05) is 0 Å². The highest BCUT2D eigenvalue weighted by Gasteiger charge is 1.97. The summed E-state index contributed by atoms with van der Waals surface area (Å²) in [5.74, 6) is -0.178. The number of aryl methyl sites for hydroxylation is 1. The number of nitrogens with zero attached hydrogens (tertiary/aromatic N) is 2. The molecule has 0 unspecified atom stereocenters. The van der Waals surface area contributed by atoms with Gasteiger partial charge in [0.1, 0.15) is 5.82 Å². The molecule has 1 heterocycles. The van der Waals surface area contributed by atoms with Crippen LogP contribution in [0.5, 0.6) is 0 Å². The average Bonchev–Trinajstić information content (AvgIpc) is 2.99. The molecule has 0 N–H and O–H groups in total. The molecule has 0 aliphatic rings. The van der Waals surface area contributed by atoms with E-state index in [-0.39, 0.29) is 5.82 Å². The Hall–Kier alpha value is -2.42. The van der Waals surface area contributed by atoms with Crippen LogP contribution in [0.1, 0.15) is 12.6 Å². The Morgan fingerprint density at radius 1 is 0.900 bits per heavy atom. The Balaban J connectivity index is 0.000000178. The van der Waals surface area contributed by atoms with E-state index in [9.17, 15) is 4.39 Å². The first-order chi connectivity index (χ1) is 9.79. The molecular weight excluding hydrogens is 251 g/mol. The first kappa shape index (κ1) is 14.0. The van der Waals surface area contributed by atoms with Gasteiger partial charge in [0.2, 0.25) is 0 Å². The smallest absolute Gasteiger partial charge is 0.123 e. The largest absolute Gasteiger partial charge is 0.241 e. The van der Waals surface area contributed by atoms with Crippen LogP contribution >= 0.6 is 0 Å². The van der Waals surface area contributed by atoms with Gasteiger partial charge in [-0.25, -0.2) is 9.07 Å². The Labute approximate surface area is 118 Å². The minimum absolute atomic E-state index is 0.178. The highest BCUT2D eigenvalue weighted by atomic mass is 19.1. The molecule has 1 aromatic heterocycles. The van der Waals surface area contributed by atoms with Crippen LogP contribution in [0.2, 0.25) is 0 Å². The van der Waals surface area contributed by atoms with E-state index in [1.54, 1.807) is 18.2 Å². The Kier molecular flexibility index (Phi) is 5.07. The molecule has 0 radical (unpaired) electrons. The fraction of sp³-hybridized carbons (Fsp3) is 0.118. The second-order valence-corrected chi connectivity index (χ2v) is 4.24. The molecule has 0 amide bonds. The van der Waals surface area contributed by atoms with E-state index in [1.165, 1.54) is 12.1 Å². The standard InChI is InChI=1S/C11H12N2.C6H5F/c1-2-10-8-9-13(12-10)11-6-4-3-5-7-11;7-6-4-2-1-3-5-6/h3-9H,2H2,1H3;1-5H. The monoisotopic (exact) mass is 268 g/mol. The predicted octanol–water partition coefficient (Wildman–Crippen LogP) is 4.26. The van der Waals surface area contributed by atoms with Gasteiger partial charge in [0.25, 0.3) is 0 Å². The van der Waals surface area contributed by atoms with Gasteiger partial charge in [-0.2, -0.15) is 5.10 Å². The second-order valence-electron chi connectivity index (χ2n) is 4.24. The molecule has 0 atom stereocenters. The molecule has 102 valence electrons. The minimum Gasteiger partial charge on any atom is -0.241 e. The summed E-state index contributed by atoms with van der Waals surface area (Å²) in [6.45, 7) is 2.11. The van der Waals surface area contributed by atoms with Crippen LogP contribution in [0.15, 0.2) is 72.9 Å². The van der Waals surface area contributed by atoms with Crippen LogP contribution in [0.3, 0.4) is 0 Å². The molecule has 3 aromatic rings. The van der Waals surface area contributed by atoms with Crippen LogP contribution in [0.25, 0.3) is 5.69 Å². The average molecular weight is 268 g/mol. The van der Waals surface area contributed by atoms with Crippen molar-refractivity contribution in [1.82, 2.24) is 9.78 Å². The number of rotatable bonds is 2. The number of hydrogen-bond acceptors (Lipinski definition) is 1. The molecule has 0 spiro atoms. The zero-order chi connectivity index (χ0) is 14.2. The van der Waals surface area contributed by atoms with Crippen LogP contribution in [0, 0.1) is 5.82 Å². The van der Waals surface area contributed by atoms with Crippen molar-refractivity contribution >= 4 is 0 Å². The number of hydrogen-bond donors (Lipinski definition) is 0. The van der Waals surface area contributed by atoms with Crippen LogP contribution in [0.4, 0.5) is 4.39 Å². The number of halogens is 1. The van der Waals surface area contributed by atoms with Gasteiger partial charge in [0, 0.05) is 6.20 Å². The van der Waals surface area contributed by atoms with Crippen molar-refractivity contribution in [2.24, 2.45) is 0 Å². The number of para-hydroxylation sites is 1. The third kappa shape index (κ3) is 4.05. The molecule has 3 heteroatoms. The van der Waals surface area contributed by atoms with Gasteiger partial charge in [0.15, 0.2) is 0 Å². The van der Waals surface area contributed by atoms with Crippen molar-refractivity contribution in [3.05, 3.63) is 84.4 Å². The first-order valence-corrected chi connectivity index (χ1v) is 6.60. The zero-order valence-corrected chi connectivity index (χ0v) is 11.4. The van der Waals surface area contributed by atoms with Gasteiger partial charge in [-0.3, -0.25) is 0 Å². The number of benzene rings is 2. The van der Waals surface area contributed by atoms with Crippen molar-refractivity contribution in [1.29, 1.82) is 0 Å². The van der Waals surface area contributed by atoms with Gasteiger partial charge in [-0.05, 0) is 36.8 Å². The normalized spacial score (nSPS) is 9.70. The van der Waals surface area contributed by atoms with Crippen molar-refractivity contribution in [3.8, 4) is 5.69 Å². The lowest BCUT2D eigenvalue weighted by Crippen LogP contribution is -1.94. The molecule has 0 fully saturated rings. The van der Waals surface area contributed by atoms with Crippen molar-refractivity contribution in [2.45, 2.75) is 13.3 Å². The maximum atomic E-state index is 11.9. The van der Waals surface area contributed by atoms with Gasteiger partial charge in [-0.15, -0.1) is 0 Å². The third-order valence-corrected chi connectivity index (χ3v) is 2.76. The molecule has 20 heavy (non-hydrogen) atoms. The molecule has 0 aliphatic heterocycles. The van der Waals surface area contributed by atoms with E-state index >= 15 is 0 Å². The fourth-order valence-electron chi connectivity index (χ4n) is 1.69. The summed E-state index contributed by atoms with van der Waals surface area (Å²) in [6, 6.07) is 20.1. The Morgan fingerprint density at radius 2 is 1.50 bits per heavy atom. The van der Waals surface area contributed by atoms with E-state index in [4.69, 9.17) is 0 Å². The summed E-state index contributed by atoms with van der Waals surface area (Å²) < 4.78 is 13.8. The molecular formula is C17H17FN2. The minimum atomic E-state index is -0.178. The van der Waals surface area contributed by atoms with Gasteiger partial charge < -0.3 is 0 Å². The van der Waals surface area contributed by atoms with Crippen LogP contribution in [-0.2, 0) is 6.42 Å². The quantitative estimate of drug-likeness (QED) is 0.679. The summed E-state index contributed by atoms with van der Waals surface area (Å²) in [6.07, 6.45) is 2.98. The summed E-state index contributed by atoms with van der Waals surface area (Å²) in [7, 11) is 0. The maximum Gasteiger partial charge on any atom is 0.123 e. The lowest BCUT2D eigenvalue weighted by Gasteiger charge is -1.98. The zero-order valence-electron chi connectivity index (χ0n) is 11.4. The van der Waals surface area contributed by atoms with Gasteiger partial charge in [-0.1, -0.05) is 43.3 Å². The molecule has 0 bridgehead atoms.